The van der Waals surface area contributed by atoms with Crippen molar-refractivity contribution in [2.45, 2.75) is 4.90 Å². The van der Waals surface area contributed by atoms with E-state index in [4.69, 9.17) is 15.9 Å². The van der Waals surface area contributed by atoms with E-state index in [0.29, 0.717) is 4.47 Å². The van der Waals surface area contributed by atoms with Crippen LogP contribution in [-0.2, 0) is 9.05 Å². The first kappa shape index (κ1) is 12.0. The molecule has 0 saturated carbocycles. The number of hydrogen-bond donors (Lipinski definition) is 0. The molecule has 1 rings (SSSR count). The molecule has 0 fully saturated rings. The fourth-order valence-electron chi connectivity index (χ4n) is 0.891. The summed E-state index contributed by atoms with van der Waals surface area (Å²) in [6.07, 6.45) is 0. The minimum absolute atomic E-state index is 0.00116. The molecular formula is C7H2Br2ClNO2S. The molecule has 0 heterocycles. The van der Waals surface area contributed by atoms with Crippen LogP contribution in [0.5, 0.6) is 0 Å². The lowest BCUT2D eigenvalue weighted by atomic mass is 10.2. The fourth-order valence-corrected chi connectivity index (χ4v) is 4.19. The molecule has 7 heteroatoms. The van der Waals surface area contributed by atoms with Crippen LogP contribution in [0.4, 0.5) is 0 Å². The van der Waals surface area contributed by atoms with Crippen LogP contribution in [0, 0.1) is 11.3 Å². The summed E-state index contributed by atoms with van der Waals surface area (Å²) in [5.41, 5.74) is 0.00116. The van der Waals surface area contributed by atoms with Gasteiger partial charge in [0.1, 0.15) is 11.0 Å². The molecule has 0 spiro atoms. The molecule has 74 valence electrons. The highest BCUT2D eigenvalue weighted by atomic mass is 79.9. The van der Waals surface area contributed by atoms with E-state index in [1.807, 2.05) is 0 Å². The van der Waals surface area contributed by atoms with Crippen LogP contribution >= 0.6 is 42.5 Å². The second-order valence-electron chi connectivity index (χ2n) is 2.31. The monoisotopic (exact) mass is 357 g/mol. The molecule has 0 radical (unpaired) electrons. The SMILES string of the molecule is N#Cc1cc(Br)cc(Br)c1S(=O)(=O)Cl. The van der Waals surface area contributed by atoms with E-state index in [1.54, 1.807) is 6.07 Å². The van der Waals surface area contributed by atoms with Crippen molar-refractivity contribution in [2.24, 2.45) is 0 Å². The first-order valence-corrected chi connectivity index (χ1v) is 7.09. The minimum atomic E-state index is -3.91. The van der Waals surface area contributed by atoms with Gasteiger partial charge in [0, 0.05) is 19.6 Å². The Bertz CT molecular complexity index is 521. The van der Waals surface area contributed by atoms with Crippen molar-refractivity contribution >= 4 is 51.6 Å². The maximum absolute atomic E-state index is 11.1. The van der Waals surface area contributed by atoms with Crippen molar-refractivity contribution in [1.82, 2.24) is 0 Å². The van der Waals surface area contributed by atoms with E-state index in [-0.39, 0.29) is 14.9 Å². The summed E-state index contributed by atoms with van der Waals surface area (Å²) < 4.78 is 23.1. The molecule has 0 aromatic heterocycles. The Morgan fingerprint density at radius 1 is 1.36 bits per heavy atom. The number of nitriles is 1. The van der Waals surface area contributed by atoms with Gasteiger partial charge in [-0.2, -0.15) is 5.26 Å². The van der Waals surface area contributed by atoms with Gasteiger partial charge in [-0.15, -0.1) is 0 Å². The van der Waals surface area contributed by atoms with Crippen molar-refractivity contribution in [3.05, 3.63) is 26.6 Å². The summed E-state index contributed by atoms with van der Waals surface area (Å²) in [7, 11) is 1.26. The largest absolute Gasteiger partial charge is 0.263 e. The summed E-state index contributed by atoms with van der Waals surface area (Å²) in [5.74, 6) is 0. The number of rotatable bonds is 1. The zero-order chi connectivity index (χ0) is 10.9. The quantitative estimate of drug-likeness (QED) is 0.724. The van der Waals surface area contributed by atoms with Crippen LogP contribution in [-0.4, -0.2) is 8.42 Å². The molecule has 1 aromatic carbocycles. The van der Waals surface area contributed by atoms with Gasteiger partial charge in [-0.3, -0.25) is 0 Å². The Balaban J connectivity index is 3.68. The van der Waals surface area contributed by atoms with Gasteiger partial charge in [0.05, 0.1) is 5.56 Å². The average Bonchev–Trinajstić information content (AvgIpc) is 1.99. The standard InChI is InChI=1S/C7H2Br2ClNO2S/c8-5-1-4(3-11)7(6(9)2-5)14(10,12)13/h1-2H. The van der Waals surface area contributed by atoms with Gasteiger partial charge >= 0.3 is 0 Å². The maximum atomic E-state index is 11.1. The molecule has 3 nitrogen and oxygen atoms in total. The van der Waals surface area contributed by atoms with Crippen LogP contribution in [0.1, 0.15) is 5.56 Å². The second-order valence-corrected chi connectivity index (χ2v) is 6.59. The first-order chi connectivity index (χ1) is 6.36. The van der Waals surface area contributed by atoms with E-state index in [2.05, 4.69) is 31.9 Å². The lowest BCUT2D eigenvalue weighted by Gasteiger charge is -2.03. The molecule has 0 N–H and O–H groups in total. The Morgan fingerprint density at radius 2 is 1.93 bits per heavy atom. The van der Waals surface area contributed by atoms with Gasteiger partial charge in [0.15, 0.2) is 0 Å². The van der Waals surface area contributed by atoms with Crippen LogP contribution in [0.3, 0.4) is 0 Å². The molecule has 1 aromatic rings. The van der Waals surface area contributed by atoms with Crippen molar-refractivity contribution in [2.75, 3.05) is 0 Å². The smallest absolute Gasteiger partial charge is 0.207 e. The van der Waals surface area contributed by atoms with Crippen molar-refractivity contribution in [3.8, 4) is 6.07 Å². The zero-order valence-corrected chi connectivity index (χ0v) is 11.2. The lowest BCUT2D eigenvalue weighted by Crippen LogP contribution is -1.96. The number of halogens is 3. The van der Waals surface area contributed by atoms with Crippen LogP contribution in [0.2, 0.25) is 0 Å². The van der Waals surface area contributed by atoms with E-state index in [1.165, 1.54) is 12.1 Å². The fraction of sp³-hybridized carbons (Fsp3) is 0. The highest BCUT2D eigenvalue weighted by Gasteiger charge is 2.20. The third-order valence-electron chi connectivity index (χ3n) is 1.37. The van der Waals surface area contributed by atoms with Crippen molar-refractivity contribution in [3.63, 3.8) is 0 Å². The number of nitrogens with zero attached hydrogens (tertiary/aromatic N) is 1. The topological polar surface area (TPSA) is 57.9 Å². The summed E-state index contributed by atoms with van der Waals surface area (Å²) in [4.78, 5) is -0.204. The maximum Gasteiger partial charge on any atom is 0.263 e. The van der Waals surface area contributed by atoms with Crippen LogP contribution < -0.4 is 0 Å². The Kier molecular flexibility index (Phi) is 3.58. The van der Waals surface area contributed by atoms with Gasteiger partial charge in [0.25, 0.3) is 9.05 Å². The van der Waals surface area contributed by atoms with Gasteiger partial charge < -0.3 is 0 Å². The highest BCUT2D eigenvalue weighted by Crippen LogP contribution is 2.31. The third-order valence-corrected chi connectivity index (χ3v) is 4.11. The molecular weight excluding hydrogens is 357 g/mol. The Labute approximate surface area is 102 Å². The zero-order valence-electron chi connectivity index (χ0n) is 6.46. The van der Waals surface area contributed by atoms with Gasteiger partial charge in [-0.25, -0.2) is 8.42 Å². The van der Waals surface area contributed by atoms with E-state index in [9.17, 15) is 8.42 Å². The van der Waals surface area contributed by atoms with Crippen LogP contribution in [0.15, 0.2) is 26.0 Å². The molecule has 14 heavy (non-hydrogen) atoms. The van der Waals surface area contributed by atoms with E-state index >= 15 is 0 Å². The van der Waals surface area contributed by atoms with E-state index in [0.717, 1.165) is 0 Å². The molecule has 0 aliphatic rings. The number of benzene rings is 1. The Morgan fingerprint density at radius 3 is 2.36 bits per heavy atom. The predicted molar refractivity (Wildman–Crippen MR) is 59.6 cm³/mol. The molecule has 0 atom stereocenters. The number of hydrogen-bond acceptors (Lipinski definition) is 3. The van der Waals surface area contributed by atoms with Gasteiger partial charge in [-0.1, -0.05) is 15.9 Å². The van der Waals surface area contributed by atoms with Crippen molar-refractivity contribution in [1.29, 1.82) is 5.26 Å². The Hall–Kier alpha value is -0.0900. The summed E-state index contributed by atoms with van der Waals surface area (Å²) >= 11 is 6.17. The summed E-state index contributed by atoms with van der Waals surface area (Å²) in [5, 5.41) is 8.72. The third kappa shape index (κ3) is 2.48. The first-order valence-electron chi connectivity index (χ1n) is 3.20. The molecule has 0 bridgehead atoms. The molecule has 0 unspecified atom stereocenters. The van der Waals surface area contributed by atoms with Gasteiger partial charge in [-0.05, 0) is 28.1 Å². The lowest BCUT2D eigenvalue weighted by molar-refractivity contribution is 0.609. The molecule has 0 saturated heterocycles. The molecule has 0 aliphatic heterocycles. The molecule has 0 aliphatic carbocycles. The van der Waals surface area contributed by atoms with Crippen molar-refractivity contribution < 1.29 is 8.42 Å². The summed E-state index contributed by atoms with van der Waals surface area (Å²) in [6, 6.07) is 4.66. The normalized spacial score (nSPS) is 11.0. The van der Waals surface area contributed by atoms with Gasteiger partial charge in [0.2, 0.25) is 0 Å². The highest BCUT2D eigenvalue weighted by molar-refractivity contribution is 9.11. The second kappa shape index (κ2) is 4.19. The van der Waals surface area contributed by atoms with E-state index < -0.39 is 9.05 Å². The average molecular weight is 359 g/mol. The minimum Gasteiger partial charge on any atom is -0.207 e. The van der Waals surface area contributed by atoms with Crippen LogP contribution in [0.25, 0.3) is 0 Å². The summed E-state index contributed by atoms with van der Waals surface area (Å²) in [6.45, 7) is 0. The predicted octanol–water partition coefficient (Wildman–Crippen LogP) is 3.01. The molecule has 0 amide bonds.